The summed E-state index contributed by atoms with van der Waals surface area (Å²) in [5.74, 6) is -0.263. The normalized spacial score (nSPS) is 36.4. The second kappa shape index (κ2) is 2.98. The van der Waals surface area contributed by atoms with Gasteiger partial charge in [-0.1, -0.05) is 12.2 Å². The van der Waals surface area contributed by atoms with E-state index in [0.29, 0.717) is 6.42 Å². The Morgan fingerprint density at radius 2 is 2.31 bits per heavy atom. The van der Waals surface area contributed by atoms with Crippen molar-refractivity contribution in [3.8, 4) is 0 Å². The molecule has 1 saturated carbocycles. The Kier molecular flexibility index (Phi) is 1.94. The highest BCUT2D eigenvalue weighted by Gasteiger charge is 2.44. The third-order valence-electron chi connectivity index (χ3n) is 2.98. The van der Waals surface area contributed by atoms with Gasteiger partial charge >= 0.3 is 5.97 Å². The molecule has 2 rings (SSSR count). The predicted molar refractivity (Wildman–Crippen MR) is 45.9 cm³/mol. The molecule has 2 aliphatic rings. The number of rotatable bonds is 1. The summed E-state index contributed by atoms with van der Waals surface area (Å²) in [5, 5.41) is 0. The van der Waals surface area contributed by atoms with Crippen molar-refractivity contribution in [2.45, 2.75) is 12.8 Å². The summed E-state index contributed by atoms with van der Waals surface area (Å²) in [6, 6.07) is 0. The molecule has 0 spiro atoms. The summed E-state index contributed by atoms with van der Waals surface area (Å²) >= 11 is 0. The Hall–Kier alpha value is -1.12. The van der Waals surface area contributed by atoms with Crippen molar-refractivity contribution in [1.82, 2.24) is 0 Å². The molecule has 0 aromatic heterocycles. The minimum absolute atomic E-state index is 0.181. The van der Waals surface area contributed by atoms with Crippen LogP contribution >= 0.6 is 0 Å². The van der Waals surface area contributed by atoms with Crippen molar-refractivity contribution in [1.29, 1.82) is 0 Å². The lowest BCUT2D eigenvalue weighted by molar-refractivity contribution is -0.151. The van der Waals surface area contributed by atoms with Crippen LogP contribution in [0.4, 0.5) is 0 Å². The second-order valence-electron chi connectivity index (χ2n) is 3.63. The zero-order valence-corrected chi connectivity index (χ0v) is 7.53. The van der Waals surface area contributed by atoms with E-state index in [0.717, 1.165) is 6.42 Å². The largest absolute Gasteiger partial charge is 0.469 e. The van der Waals surface area contributed by atoms with Gasteiger partial charge in [-0.15, -0.1) is 0 Å². The predicted octanol–water partition coefficient (Wildman–Crippen LogP) is 0.941. The maximum Gasteiger partial charge on any atom is 0.310 e. The third-order valence-corrected chi connectivity index (χ3v) is 2.98. The van der Waals surface area contributed by atoms with Gasteiger partial charge in [-0.2, -0.15) is 0 Å². The molecular formula is C10H12O3. The molecule has 0 heterocycles. The number of carbonyl (C=O) groups excluding carboxylic acids is 2. The van der Waals surface area contributed by atoms with Crippen molar-refractivity contribution in [3.05, 3.63) is 12.2 Å². The molecule has 2 aliphatic carbocycles. The minimum Gasteiger partial charge on any atom is -0.469 e. The first-order valence-corrected chi connectivity index (χ1v) is 4.53. The van der Waals surface area contributed by atoms with Crippen LogP contribution in [-0.2, 0) is 14.3 Å². The van der Waals surface area contributed by atoms with Crippen LogP contribution in [0.15, 0.2) is 12.2 Å². The van der Waals surface area contributed by atoms with E-state index in [1.54, 1.807) is 0 Å². The van der Waals surface area contributed by atoms with Gasteiger partial charge in [0.25, 0.3) is 0 Å². The van der Waals surface area contributed by atoms with Gasteiger partial charge in [0.05, 0.1) is 13.0 Å². The zero-order chi connectivity index (χ0) is 9.42. The quantitative estimate of drug-likeness (QED) is 0.445. The molecule has 0 aliphatic heterocycles. The van der Waals surface area contributed by atoms with Crippen LogP contribution in [0.25, 0.3) is 0 Å². The van der Waals surface area contributed by atoms with Gasteiger partial charge in [-0.25, -0.2) is 0 Å². The molecule has 0 unspecified atom stereocenters. The molecule has 1 fully saturated rings. The Balaban J connectivity index is 2.23. The highest BCUT2D eigenvalue weighted by Crippen LogP contribution is 2.40. The summed E-state index contributed by atoms with van der Waals surface area (Å²) in [7, 11) is 1.38. The van der Waals surface area contributed by atoms with E-state index in [-0.39, 0.29) is 29.5 Å². The molecule has 70 valence electrons. The average molecular weight is 180 g/mol. The van der Waals surface area contributed by atoms with Crippen LogP contribution in [0, 0.1) is 17.8 Å². The van der Waals surface area contributed by atoms with E-state index >= 15 is 0 Å². The number of Topliss-reactive ketones (excluding diaryl/α,β-unsaturated/α-hetero) is 1. The van der Waals surface area contributed by atoms with E-state index in [1.165, 1.54) is 7.11 Å². The number of carbonyl (C=O) groups is 2. The fourth-order valence-corrected chi connectivity index (χ4v) is 2.28. The molecule has 0 N–H and O–H groups in total. The lowest BCUT2D eigenvalue weighted by Gasteiger charge is -2.26. The lowest BCUT2D eigenvalue weighted by atomic mass is 9.77. The van der Waals surface area contributed by atoms with Crippen LogP contribution in [0.3, 0.4) is 0 Å². The summed E-state index contributed by atoms with van der Waals surface area (Å²) in [6.07, 6.45) is 5.25. The van der Waals surface area contributed by atoms with Gasteiger partial charge in [0.15, 0.2) is 0 Å². The van der Waals surface area contributed by atoms with E-state index in [9.17, 15) is 9.59 Å². The van der Waals surface area contributed by atoms with Gasteiger partial charge in [0.2, 0.25) is 0 Å². The van der Waals surface area contributed by atoms with E-state index in [1.807, 2.05) is 12.2 Å². The number of allylic oxidation sites excluding steroid dienone is 2. The number of ketones is 1. The number of hydrogen-bond acceptors (Lipinski definition) is 3. The monoisotopic (exact) mass is 180 g/mol. The summed E-state index contributed by atoms with van der Waals surface area (Å²) in [6.45, 7) is 0. The smallest absolute Gasteiger partial charge is 0.310 e. The van der Waals surface area contributed by atoms with Gasteiger partial charge in [-0.3, -0.25) is 9.59 Å². The molecule has 0 radical (unpaired) electrons. The number of hydrogen-bond donors (Lipinski definition) is 0. The maximum absolute atomic E-state index is 11.4. The van der Waals surface area contributed by atoms with Crippen molar-refractivity contribution in [3.63, 3.8) is 0 Å². The Bertz CT molecular complexity index is 280. The van der Waals surface area contributed by atoms with Gasteiger partial charge in [0, 0.05) is 12.3 Å². The molecule has 0 aromatic rings. The van der Waals surface area contributed by atoms with E-state index in [4.69, 9.17) is 0 Å². The van der Waals surface area contributed by atoms with Gasteiger partial charge in [0.1, 0.15) is 5.78 Å². The topological polar surface area (TPSA) is 43.4 Å². The van der Waals surface area contributed by atoms with Crippen molar-refractivity contribution >= 4 is 11.8 Å². The fraction of sp³-hybridized carbons (Fsp3) is 0.600. The molecule has 0 saturated heterocycles. The SMILES string of the molecule is COC(=O)[C@H]1[C@@H]2C=C[C@H]1C(=O)CC2. The minimum atomic E-state index is -0.243. The maximum atomic E-state index is 11.4. The van der Waals surface area contributed by atoms with Crippen molar-refractivity contribution in [2.75, 3.05) is 7.11 Å². The summed E-state index contributed by atoms with van der Waals surface area (Å²) in [5.41, 5.74) is 0. The van der Waals surface area contributed by atoms with Crippen LogP contribution < -0.4 is 0 Å². The highest BCUT2D eigenvalue weighted by atomic mass is 16.5. The first-order valence-electron chi connectivity index (χ1n) is 4.53. The van der Waals surface area contributed by atoms with Crippen molar-refractivity contribution < 1.29 is 14.3 Å². The standard InChI is InChI=1S/C10H12O3/c1-13-10(12)9-6-2-4-7(9)8(11)5-3-6/h2,4,6-7,9H,3,5H2,1H3/t6-,7+,9+/m1/s1. The Morgan fingerprint density at radius 1 is 1.54 bits per heavy atom. The first-order chi connectivity index (χ1) is 6.24. The number of esters is 1. The lowest BCUT2D eigenvalue weighted by Crippen LogP contribution is -2.35. The summed E-state index contributed by atoms with van der Waals surface area (Å²) in [4.78, 5) is 22.8. The van der Waals surface area contributed by atoms with Crippen LogP contribution in [-0.4, -0.2) is 18.9 Å². The molecule has 13 heavy (non-hydrogen) atoms. The molecule has 3 atom stereocenters. The molecule has 0 aromatic carbocycles. The Labute approximate surface area is 76.8 Å². The number of ether oxygens (including phenoxy) is 1. The second-order valence-corrected chi connectivity index (χ2v) is 3.63. The highest BCUT2D eigenvalue weighted by molar-refractivity contribution is 5.91. The fourth-order valence-electron chi connectivity index (χ4n) is 2.28. The molecule has 2 bridgehead atoms. The van der Waals surface area contributed by atoms with Gasteiger partial charge < -0.3 is 4.74 Å². The van der Waals surface area contributed by atoms with Gasteiger partial charge in [-0.05, 0) is 12.3 Å². The van der Waals surface area contributed by atoms with Crippen LogP contribution in [0.2, 0.25) is 0 Å². The van der Waals surface area contributed by atoms with E-state index in [2.05, 4.69) is 4.74 Å². The first kappa shape index (κ1) is 8.48. The molecule has 0 amide bonds. The Morgan fingerprint density at radius 3 is 3.00 bits per heavy atom. The number of fused-ring (bicyclic) bond motifs is 2. The average Bonchev–Trinajstić information content (AvgIpc) is 2.48. The molecular weight excluding hydrogens is 168 g/mol. The molecule has 3 nitrogen and oxygen atoms in total. The van der Waals surface area contributed by atoms with Crippen LogP contribution in [0.5, 0.6) is 0 Å². The summed E-state index contributed by atoms with van der Waals surface area (Å²) < 4.78 is 4.69. The third kappa shape index (κ3) is 1.19. The number of methoxy groups -OCH3 is 1. The van der Waals surface area contributed by atoms with Crippen LogP contribution in [0.1, 0.15) is 12.8 Å². The van der Waals surface area contributed by atoms with Crippen molar-refractivity contribution in [2.24, 2.45) is 17.8 Å². The molecule has 3 heteroatoms. The zero-order valence-electron chi connectivity index (χ0n) is 7.53. The van der Waals surface area contributed by atoms with E-state index < -0.39 is 0 Å².